The Labute approximate surface area is 131 Å². The number of nitrogens with one attached hydrogen (secondary N) is 2. The summed E-state index contributed by atoms with van der Waals surface area (Å²) in [4.78, 5) is 14.8. The molecule has 8 heteroatoms. The standard InChI is InChI=1S/C10H16O4S.C4H9N3/c1-9(2)7-3-4-10(9,8(11)5-7)6-15(12,13)14;5-4-6-2-1-3-7-4/h7H,3-6H2,1-2H3,(H,12,13,14);1-3H2,(H3,5,6,7)/t7-,10-;/m0./s1. The zero-order chi connectivity index (χ0) is 16.6. The second-order valence-electron chi connectivity index (χ2n) is 6.99. The number of nitrogens with two attached hydrogens (primary N) is 1. The number of fused-ring (bicyclic) bond motifs is 2. The summed E-state index contributed by atoms with van der Waals surface area (Å²) >= 11 is 0. The number of carbonyl (C=O) groups is 1. The molecule has 1 heterocycles. The summed E-state index contributed by atoms with van der Waals surface area (Å²) in [5.74, 6) is 0.434. The van der Waals surface area contributed by atoms with Crippen LogP contribution in [0.1, 0.15) is 39.5 Å². The molecule has 0 saturated heterocycles. The quantitative estimate of drug-likeness (QED) is 0.518. The van der Waals surface area contributed by atoms with E-state index in [0.717, 1.165) is 19.5 Å². The van der Waals surface area contributed by atoms with E-state index in [-0.39, 0.29) is 17.1 Å². The molecule has 2 aliphatic carbocycles. The van der Waals surface area contributed by atoms with Gasteiger partial charge in [0.15, 0.2) is 0 Å². The lowest BCUT2D eigenvalue weighted by molar-refractivity contribution is -0.465. The molecule has 2 fully saturated rings. The van der Waals surface area contributed by atoms with Crippen molar-refractivity contribution < 1.29 is 22.8 Å². The van der Waals surface area contributed by atoms with Gasteiger partial charge in [0.05, 0.1) is 29.0 Å². The zero-order valence-electron chi connectivity index (χ0n) is 13.1. The highest BCUT2D eigenvalue weighted by atomic mass is 32.2. The summed E-state index contributed by atoms with van der Waals surface area (Å²) < 4.78 is 32.7. The number of hydrogen-bond donors (Lipinski definition) is 3. The average Bonchev–Trinajstić information content (AvgIpc) is 2.72. The molecule has 2 saturated carbocycles. The molecule has 0 aromatic carbocycles. The topological polar surface area (TPSA) is 126 Å². The summed E-state index contributed by atoms with van der Waals surface area (Å²) in [5.41, 5.74) is 4.11. The number of hydrogen-bond acceptors (Lipinski definition) is 6. The predicted octanol–water partition coefficient (Wildman–Crippen LogP) is -1.70. The lowest BCUT2D eigenvalue weighted by atomic mass is 9.70. The smallest absolute Gasteiger partial charge is 0.341 e. The van der Waals surface area contributed by atoms with Gasteiger partial charge in [-0.15, -0.1) is 0 Å². The van der Waals surface area contributed by atoms with E-state index in [9.17, 15) is 17.8 Å². The van der Waals surface area contributed by atoms with E-state index in [1.165, 1.54) is 6.42 Å². The van der Waals surface area contributed by atoms with Crippen molar-refractivity contribution in [1.82, 2.24) is 5.32 Å². The summed E-state index contributed by atoms with van der Waals surface area (Å²) in [6.45, 7) is 5.86. The molecule has 0 radical (unpaired) electrons. The van der Waals surface area contributed by atoms with E-state index in [1.807, 2.05) is 13.8 Å². The van der Waals surface area contributed by atoms with Crippen molar-refractivity contribution in [1.29, 1.82) is 0 Å². The van der Waals surface area contributed by atoms with Crippen molar-refractivity contribution in [2.24, 2.45) is 22.5 Å². The molecule has 126 valence electrons. The number of rotatable bonds is 2. The van der Waals surface area contributed by atoms with Gasteiger partial charge < -0.3 is 4.55 Å². The minimum atomic E-state index is -4.33. The molecule has 0 aromatic rings. The molecule has 3 rings (SSSR count). The molecular weight excluding hydrogens is 306 g/mol. The van der Waals surface area contributed by atoms with Crippen LogP contribution in [0.4, 0.5) is 0 Å². The van der Waals surface area contributed by atoms with Gasteiger partial charge in [-0.25, -0.2) is 8.42 Å². The Morgan fingerprint density at radius 2 is 2.14 bits per heavy atom. The summed E-state index contributed by atoms with van der Waals surface area (Å²) in [7, 11) is -4.33. The van der Waals surface area contributed by atoms with Crippen LogP contribution in [-0.4, -0.2) is 43.6 Å². The fourth-order valence-electron chi connectivity index (χ4n) is 4.01. The maximum absolute atomic E-state index is 11.8. The first-order valence-electron chi connectivity index (χ1n) is 7.65. The Balaban J connectivity index is 0.000000211. The lowest BCUT2D eigenvalue weighted by Crippen LogP contribution is -2.81. The van der Waals surface area contributed by atoms with Crippen molar-refractivity contribution in [3.8, 4) is 0 Å². The Morgan fingerprint density at radius 3 is 2.45 bits per heavy atom. The van der Waals surface area contributed by atoms with Gasteiger partial charge in [0.1, 0.15) is 5.78 Å². The summed E-state index contributed by atoms with van der Waals surface area (Å²) in [5, 5.41) is 2.97. The monoisotopic (exact) mass is 331 g/mol. The van der Waals surface area contributed by atoms with Crippen LogP contribution in [0.2, 0.25) is 0 Å². The van der Waals surface area contributed by atoms with Gasteiger partial charge >= 0.3 is 5.96 Å². The maximum Gasteiger partial charge on any atom is 0.341 e. The van der Waals surface area contributed by atoms with Crippen molar-refractivity contribution in [2.45, 2.75) is 39.5 Å². The fraction of sp³-hybridized carbons (Fsp3) is 0.857. The van der Waals surface area contributed by atoms with Gasteiger partial charge in [-0.1, -0.05) is 13.8 Å². The molecule has 0 aromatic heterocycles. The van der Waals surface area contributed by atoms with E-state index in [4.69, 9.17) is 5.73 Å². The van der Waals surface area contributed by atoms with Crippen molar-refractivity contribution >= 4 is 21.9 Å². The second kappa shape index (κ2) is 5.81. The molecule has 3 aliphatic rings. The van der Waals surface area contributed by atoms with Crippen molar-refractivity contribution in [2.75, 3.05) is 18.8 Å². The molecule has 0 spiro atoms. The largest absolute Gasteiger partial charge is 0.748 e. The first kappa shape index (κ1) is 17.2. The van der Waals surface area contributed by atoms with Gasteiger partial charge in [0.25, 0.3) is 0 Å². The molecule has 2 bridgehead atoms. The molecule has 2 atom stereocenters. The van der Waals surface area contributed by atoms with Crippen LogP contribution < -0.4 is 16.0 Å². The third kappa shape index (κ3) is 3.12. The van der Waals surface area contributed by atoms with E-state index in [2.05, 4.69) is 10.3 Å². The molecular formula is C14H25N3O4S. The number of carbonyl (C=O) groups excluding carboxylic acids is 1. The SMILES string of the molecule is CC1(C)[C@H]2CC[C@]1(CS(=O)(=O)[O-])C(=O)C2.NC1=[NH+]CCCN1. The molecule has 0 amide bonds. The average molecular weight is 331 g/mol. The fourth-order valence-corrected chi connectivity index (χ4v) is 5.29. The first-order chi connectivity index (χ1) is 10.1. The van der Waals surface area contributed by atoms with Crippen LogP contribution in [0, 0.1) is 16.7 Å². The minimum absolute atomic E-state index is 0.0248. The number of ketones is 1. The molecule has 7 nitrogen and oxygen atoms in total. The zero-order valence-corrected chi connectivity index (χ0v) is 14.0. The Bertz CT molecular complexity index is 585. The highest BCUT2D eigenvalue weighted by Gasteiger charge is 2.64. The third-order valence-electron chi connectivity index (χ3n) is 5.55. The predicted molar refractivity (Wildman–Crippen MR) is 80.8 cm³/mol. The van der Waals surface area contributed by atoms with Crippen LogP contribution in [0.5, 0.6) is 0 Å². The lowest BCUT2D eigenvalue weighted by Gasteiger charge is -2.37. The van der Waals surface area contributed by atoms with E-state index in [1.54, 1.807) is 0 Å². The minimum Gasteiger partial charge on any atom is -0.748 e. The van der Waals surface area contributed by atoms with Gasteiger partial charge in [-0.05, 0) is 24.2 Å². The van der Waals surface area contributed by atoms with E-state index < -0.39 is 21.3 Å². The number of Topliss-reactive ketones (excluding diaryl/α,β-unsaturated/α-hetero) is 1. The highest BCUT2D eigenvalue weighted by molar-refractivity contribution is 7.85. The summed E-state index contributed by atoms with van der Waals surface area (Å²) in [6, 6.07) is 0. The van der Waals surface area contributed by atoms with E-state index in [0.29, 0.717) is 18.8 Å². The number of guanidine groups is 1. The van der Waals surface area contributed by atoms with Gasteiger partial charge in [-0.3, -0.25) is 20.8 Å². The highest BCUT2D eigenvalue weighted by Crippen LogP contribution is 2.64. The maximum atomic E-state index is 11.8. The Hall–Kier alpha value is -1.15. The van der Waals surface area contributed by atoms with E-state index >= 15 is 0 Å². The van der Waals surface area contributed by atoms with Crippen LogP contribution in [0.25, 0.3) is 0 Å². The molecule has 0 unspecified atom stereocenters. The van der Waals surface area contributed by atoms with Crippen molar-refractivity contribution in [3.63, 3.8) is 0 Å². The normalized spacial score (nSPS) is 32.8. The molecule has 1 aliphatic heterocycles. The third-order valence-corrected chi connectivity index (χ3v) is 6.39. The Kier molecular flexibility index (Phi) is 4.54. The van der Waals surface area contributed by atoms with Crippen molar-refractivity contribution in [3.05, 3.63) is 0 Å². The van der Waals surface area contributed by atoms with Crippen LogP contribution >= 0.6 is 0 Å². The van der Waals surface area contributed by atoms with Crippen LogP contribution in [0.15, 0.2) is 0 Å². The molecule has 22 heavy (non-hydrogen) atoms. The van der Waals surface area contributed by atoms with Crippen LogP contribution in [-0.2, 0) is 14.9 Å². The second-order valence-corrected chi connectivity index (χ2v) is 8.39. The first-order valence-corrected chi connectivity index (χ1v) is 9.23. The van der Waals surface area contributed by atoms with Gasteiger partial charge in [0.2, 0.25) is 0 Å². The van der Waals surface area contributed by atoms with Gasteiger partial charge in [0, 0.05) is 18.3 Å². The summed E-state index contributed by atoms with van der Waals surface area (Å²) in [6.07, 6.45) is 3.04. The Morgan fingerprint density at radius 1 is 1.45 bits per heavy atom. The van der Waals surface area contributed by atoms with Crippen LogP contribution in [0.3, 0.4) is 0 Å². The molecule has 4 N–H and O–H groups in total. The van der Waals surface area contributed by atoms with Gasteiger partial charge in [-0.2, -0.15) is 0 Å².